The Morgan fingerprint density at radius 3 is 1.89 bits per heavy atom. The number of aryl methyl sites for hydroxylation is 1. The summed E-state index contributed by atoms with van der Waals surface area (Å²) in [4.78, 5) is 10.8. The van der Waals surface area contributed by atoms with Crippen molar-refractivity contribution in [2.45, 2.75) is 123 Å². The molecule has 0 N–H and O–H groups in total. The molecule has 0 unspecified atom stereocenters. The molecular weight excluding hydrogens is 920 g/mol. The third-order valence-electron chi connectivity index (χ3n) is 17.6. The normalized spacial score (nSPS) is 16.9. The molecule has 9 aromatic rings. The van der Waals surface area contributed by atoms with Gasteiger partial charge in [0.25, 0.3) is 0 Å². The number of benzene rings is 9. The van der Waals surface area contributed by atoms with Gasteiger partial charge in [-0.1, -0.05) is 201 Å². The predicted octanol–water partition coefficient (Wildman–Crippen LogP) is 18.1. The van der Waals surface area contributed by atoms with Crippen molar-refractivity contribution >= 4 is 80.5 Å². The first-order chi connectivity index (χ1) is 35.0. The number of hydrogen-bond donors (Lipinski definition) is 0. The first-order valence-electron chi connectivity index (χ1n) is 26.4. The summed E-state index contributed by atoms with van der Waals surface area (Å²) in [6, 6.07) is 64.0. The van der Waals surface area contributed by atoms with Crippen LogP contribution >= 0.6 is 23.5 Å². The molecule has 9 aromatic carbocycles. The van der Waals surface area contributed by atoms with E-state index in [0.717, 1.165) is 6.42 Å². The molecule has 73 heavy (non-hydrogen) atoms. The zero-order chi connectivity index (χ0) is 50.1. The first kappa shape index (κ1) is 45.2. The summed E-state index contributed by atoms with van der Waals surface area (Å²) >= 11 is 3.86. The lowest BCUT2D eigenvalue weighted by atomic mass is 9.43. The van der Waals surface area contributed by atoms with Crippen LogP contribution in [0.25, 0.3) is 44.2 Å². The second-order valence-electron chi connectivity index (χ2n) is 24.4. The summed E-state index contributed by atoms with van der Waals surface area (Å²) in [5.74, 6) is 0. The van der Waals surface area contributed by atoms with Crippen molar-refractivity contribution in [2.24, 2.45) is 0 Å². The molecule has 0 spiro atoms. The zero-order valence-electron chi connectivity index (χ0n) is 43.8. The number of fused-ring (bicyclic) bond motifs is 13. The van der Waals surface area contributed by atoms with Crippen LogP contribution in [0.2, 0.25) is 0 Å². The van der Waals surface area contributed by atoms with Gasteiger partial charge in [-0.2, -0.15) is 0 Å². The van der Waals surface area contributed by atoms with Crippen molar-refractivity contribution in [3.63, 3.8) is 0 Å². The molecule has 0 amide bonds. The minimum Gasteiger partial charge on any atom is -0.375 e. The topological polar surface area (TPSA) is 6.48 Å². The Bertz CT molecular complexity index is 3860. The molecule has 358 valence electrons. The molecule has 0 saturated carbocycles. The third-order valence-corrected chi connectivity index (χ3v) is 20.1. The minimum absolute atomic E-state index is 0.0383. The van der Waals surface area contributed by atoms with Gasteiger partial charge in [0.05, 0.1) is 0 Å². The highest BCUT2D eigenvalue weighted by molar-refractivity contribution is 8.05. The van der Waals surface area contributed by atoms with Crippen molar-refractivity contribution in [1.29, 1.82) is 0 Å². The molecule has 5 heteroatoms. The fourth-order valence-electron chi connectivity index (χ4n) is 13.5. The summed E-state index contributed by atoms with van der Waals surface area (Å²) in [6.07, 6.45) is 2.34. The Labute approximate surface area is 441 Å². The minimum atomic E-state index is -0.191. The molecule has 0 fully saturated rings. The summed E-state index contributed by atoms with van der Waals surface area (Å²) in [5, 5.41) is 2.56. The van der Waals surface area contributed by atoms with E-state index in [9.17, 15) is 0 Å². The summed E-state index contributed by atoms with van der Waals surface area (Å²) in [7, 11) is 0. The van der Waals surface area contributed by atoms with Crippen LogP contribution in [-0.2, 0) is 21.7 Å². The van der Waals surface area contributed by atoms with Crippen molar-refractivity contribution in [3.8, 4) is 33.4 Å². The highest BCUT2D eigenvalue weighted by Gasteiger charge is 2.50. The maximum absolute atomic E-state index is 2.84. The van der Waals surface area contributed by atoms with Gasteiger partial charge in [0.1, 0.15) is 0 Å². The first-order valence-corrected chi connectivity index (χ1v) is 28.0. The van der Waals surface area contributed by atoms with Gasteiger partial charge >= 0.3 is 6.85 Å². The smallest absolute Gasteiger partial charge is 0.333 e. The van der Waals surface area contributed by atoms with Gasteiger partial charge in [-0.3, -0.25) is 0 Å². The quantitative estimate of drug-likeness (QED) is 0.163. The summed E-state index contributed by atoms with van der Waals surface area (Å²) in [5.41, 5.74) is 25.1. The van der Waals surface area contributed by atoms with Crippen LogP contribution in [0.1, 0.15) is 109 Å². The lowest BCUT2D eigenvalue weighted by molar-refractivity contribution is 0.332. The van der Waals surface area contributed by atoms with E-state index in [1.807, 2.05) is 23.5 Å². The second kappa shape index (κ2) is 15.6. The van der Waals surface area contributed by atoms with Crippen molar-refractivity contribution < 1.29 is 0 Å². The van der Waals surface area contributed by atoms with Crippen molar-refractivity contribution in [2.75, 3.05) is 9.71 Å². The Hall–Kier alpha value is -6.40. The fraction of sp³-hybridized carbons (Fsp3) is 0.235. The molecule has 14 rings (SSSR count). The molecule has 2 nitrogen and oxygen atoms in total. The van der Waals surface area contributed by atoms with Crippen LogP contribution in [0.3, 0.4) is 0 Å². The Balaban J connectivity index is 1.17. The van der Waals surface area contributed by atoms with Gasteiger partial charge in [-0.05, 0) is 156 Å². The van der Waals surface area contributed by atoms with Crippen molar-refractivity contribution in [3.05, 3.63) is 197 Å². The molecule has 0 saturated heterocycles. The Kier molecular flexibility index (Phi) is 9.65. The van der Waals surface area contributed by atoms with E-state index < -0.39 is 0 Å². The van der Waals surface area contributed by atoms with Crippen LogP contribution in [-0.4, -0.2) is 6.85 Å². The van der Waals surface area contributed by atoms with Gasteiger partial charge in [0.15, 0.2) is 0 Å². The van der Waals surface area contributed by atoms with Crippen LogP contribution in [0.4, 0.5) is 28.4 Å². The van der Waals surface area contributed by atoms with Crippen LogP contribution in [0.5, 0.6) is 0 Å². The van der Waals surface area contributed by atoms with Crippen molar-refractivity contribution in [1.82, 2.24) is 0 Å². The van der Waals surface area contributed by atoms with E-state index in [-0.39, 0.29) is 28.5 Å². The highest BCUT2D eigenvalue weighted by Crippen LogP contribution is 2.61. The number of rotatable bonds is 3. The predicted molar refractivity (Wildman–Crippen MR) is 314 cm³/mol. The Morgan fingerprint density at radius 2 is 1.15 bits per heavy atom. The average Bonchev–Trinajstić information content (AvgIpc) is 3.62. The molecule has 5 aliphatic rings. The van der Waals surface area contributed by atoms with E-state index in [1.165, 1.54) is 143 Å². The SMILES string of the molecule is Cc1cc2c(cc1N1c3cc4c(cc3B3c5c1cc1ccccc1c5-c1ccc5c(c1N3c1ccc(C(C)(C)C)cc1-c1ccccc1)-c1ccccc1C5(C)C)Sc1ccccc1S4)C(C)(C)CCC2(C)C. The molecule has 0 aromatic heterocycles. The highest BCUT2D eigenvalue weighted by atomic mass is 32.2. The lowest BCUT2D eigenvalue weighted by Gasteiger charge is -2.48. The maximum atomic E-state index is 2.84. The average molecular weight is 981 g/mol. The molecule has 0 bridgehead atoms. The van der Waals surface area contributed by atoms with E-state index in [2.05, 4.69) is 243 Å². The molecule has 0 radical (unpaired) electrons. The largest absolute Gasteiger partial charge is 0.375 e. The number of nitrogens with zero attached hydrogens (tertiary/aromatic N) is 2. The van der Waals surface area contributed by atoms with Crippen LogP contribution < -0.4 is 20.6 Å². The molecule has 3 aliphatic heterocycles. The van der Waals surface area contributed by atoms with Gasteiger partial charge in [-0.25, -0.2) is 0 Å². The van der Waals surface area contributed by atoms with Gasteiger partial charge in [0, 0.05) is 70.1 Å². The standard InChI is InChI=1S/C68H61BN2S2/c1-40-34-50-51(67(7,8)33-32-66(50,5)6)37-54(40)70-55-39-60-59(72-57-26-18-19-27-58(57)73-60)38-52(55)69-63-56(70)35-42-22-14-15-23-44(42)61(63)46-29-30-49-62(45-24-16-17-25-48(45)68(49,9)10)64(46)71(69)53-31-28-43(65(2,3)4)36-47(53)41-20-12-11-13-21-41/h11-31,34-39H,32-33H2,1-10H3. The van der Waals surface area contributed by atoms with Gasteiger partial charge < -0.3 is 9.71 Å². The van der Waals surface area contributed by atoms with E-state index >= 15 is 0 Å². The molecule has 0 atom stereocenters. The fourth-order valence-corrected chi connectivity index (χ4v) is 15.8. The van der Waals surface area contributed by atoms with Crippen LogP contribution in [0.15, 0.2) is 183 Å². The van der Waals surface area contributed by atoms with E-state index in [1.54, 1.807) is 0 Å². The second-order valence-corrected chi connectivity index (χ2v) is 26.5. The van der Waals surface area contributed by atoms with Crippen LogP contribution in [0, 0.1) is 6.92 Å². The molecule has 3 heterocycles. The van der Waals surface area contributed by atoms with Gasteiger partial charge in [0.2, 0.25) is 0 Å². The summed E-state index contributed by atoms with van der Waals surface area (Å²) < 4.78 is 0. The number of anilines is 5. The van der Waals surface area contributed by atoms with Gasteiger partial charge in [-0.15, -0.1) is 0 Å². The summed E-state index contributed by atoms with van der Waals surface area (Å²) in [6.45, 7) is 24.0. The maximum Gasteiger partial charge on any atom is 0.333 e. The lowest BCUT2D eigenvalue weighted by Crippen LogP contribution is -2.62. The zero-order valence-corrected chi connectivity index (χ0v) is 45.4. The number of hydrogen-bond acceptors (Lipinski definition) is 4. The third kappa shape index (κ3) is 6.53. The monoisotopic (exact) mass is 980 g/mol. The van der Waals surface area contributed by atoms with E-state index in [0.29, 0.717) is 0 Å². The molecule has 2 aliphatic carbocycles. The molecular formula is C68H61BN2S2. The van der Waals surface area contributed by atoms with E-state index in [4.69, 9.17) is 0 Å². The Morgan fingerprint density at radius 1 is 0.493 bits per heavy atom.